The highest BCUT2D eigenvalue weighted by Crippen LogP contribution is 2.24. The number of nitrogens with zero attached hydrogens (tertiary/aromatic N) is 2. The number of halogens is 1. The molecule has 1 unspecified atom stereocenters. The summed E-state index contributed by atoms with van der Waals surface area (Å²) in [5, 5.41) is 0. The van der Waals surface area contributed by atoms with E-state index in [1.807, 2.05) is 12.1 Å². The Balaban J connectivity index is 1.57. The molecule has 0 aromatic heterocycles. The second-order valence-electron chi connectivity index (χ2n) is 7.17. The number of carbonyl (C=O) groups excluding carboxylic acids is 1. The van der Waals surface area contributed by atoms with Crippen molar-refractivity contribution in [3.63, 3.8) is 0 Å². The summed E-state index contributed by atoms with van der Waals surface area (Å²) in [7, 11) is 0. The summed E-state index contributed by atoms with van der Waals surface area (Å²) >= 11 is 0. The maximum absolute atomic E-state index is 13.8. The molecule has 3 nitrogen and oxygen atoms in total. The molecule has 1 aromatic carbocycles. The minimum absolute atomic E-state index is 0.0870. The number of hydrogen-bond acceptors (Lipinski definition) is 2. The lowest BCUT2D eigenvalue weighted by Crippen LogP contribution is -2.46. The van der Waals surface area contributed by atoms with Crippen molar-refractivity contribution >= 4 is 5.91 Å². The number of amides is 1. The van der Waals surface area contributed by atoms with Crippen molar-refractivity contribution in [1.29, 1.82) is 0 Å². The number of hydrogen-bond donors (Lipinski definition) is 0. The van der Waals surface area contributed by atoms with Gasteiger partial charge >= 0.3 is 0 Å². The van der Waals surface area contributed by atoms with Gasteiger partial charge in [0.1, 0.15) is 5.82 Å². The quantitative estimate of drug-likeness (QED) is 0.854. The average Bonchev–Trinajstić information content (AvgIpc) is 2.57. The van der Waals surface area contributed by atoms with Crippen LogP contribution in [0.15, 0.2) is 24.3 Å². The number of rotatable bonds is 3. The first kappa shape index (κ1) is 16.4. The van der Waals surface area contributed by atoms with E-state index in [1.165, 1.54) is 6.07 Å². The molecule has 2 saturated heterocycles. The fourth-order valence-electron chi connectivity index (χ4n) is 3.76. The third kappa shape index (κ3) is 4.11. The van der Waals surface area contributed by atoms with Crippen molar-refractivity contribution in [2.45, 2.75) is 39.2 Å². The molecule has 2 aliphatic heterocycles. The van der Waals surface area contributed by atoms with Crippen LogP contribution in [0.5, 0.6) is 0 Å². The number of likely N-dealkylation sites (tertiary alicyclic amines) is 2. The number of carbonyl (C=O) groups is 1. The number of benzene rings is 1. The van der Waals surface area contributed by atoms with Crippen LogP contribution in [0.3, 0.4) is 0 Å². The third-order valence-electron chi connectivity index (χ3n) is 5.30. The first-order valence-electron chi connectivity index (χ1n) is 8.88. The molecule has 0 spiro atoms. The van der Waals surface area contributed by atoms with Gasteiger partial charge in [0.25, 0.3) is 0 Å². The largest absolute Gasteiger partial charge is 0.342 e. The van der Waals surface area contributed by atoms with E-state index in [0.717, 1.165) is 63.3 Å². The summed E-state index contributed by atoms with van der Waals surface area (Å²) in [5.74, 6) is 0.994. The van der Waals surface area contributed by atoms with Gasteiger partial charge in [-0.2, -0.15) is 0 Å². The standard InChI is InChI=1S/C19H27FN2O/c1-15-8-11-22(12-9-15)19(23)17-6-4-10-21(14-17)13-16-5-2-3-7-18(16)20/h2-3,5,7,15,17H,4,6,8-14H2,1H3. The lowest BCUT2D eigenvalue weighted by Gasteiger charge is -2.37. The lowest BCUT2D eigenvalue weighted by molar-refractivity contribution is -0.138. The Morgan fingerprint density at radius 1 is 1.17 bits per heavy atom. The molecule has 2 heterocycles. The third-order valence-corrected chi connectivity index (χ3v) is 5.30. The second kappa shape index (κ2) is 7.43. The molecular weight excluding hydrogens is 291 g/mol. The number of piperidine rings is 2. The molecular formula is C19H27FN2O. The van der Waals surface area contributed by atoms with Gasteiger partial charge in [-0.15, -0.1) is 0 Å². The summed E-state index contributed by atoms with van der Waals surface area (Å²) in [6.07, 6.45) is 4.24. The fourth-order valence-corrected chi connectivity index (χ4v) is 3.76. The van der Waals surface area contributed by atoms with Crippen LogP contribution in [-0.4, -0.2) is 41.9 Å². The minimum atomic E-state index is -0.147. The predicted octanol–water partition coefficient (Wildman–Crippen LogP) is 3.30. The zero-order chi connectivity index (χ0) is 16.2. The molecule has 1 aromatic rings. The normalized spacial score (nSPS) is 23.9. The lowest BCUT2D eigenvalue weighted by atomic mass is 9.93. The molecule has 126 valence electrons. The first-order chi connectivity index (χ1) is 11.1. The van der Waals surface area contributed by atoms with Crippen molar-refractivity contribution in [1.82, 2.24) is 9.80 Å². The smallest absolute Gasteiger partial charge is 0.226 e. The molecule has 2 fully saturated rings. The Hall–Kier alpha value is -1.42. The fraction of sp³-hybridized carbons (Fsp3) is 0.632. The van der Waals surface area contributed by atoms with Crippen LogP contribution >= 0.6 is 0 Å². The van der Waals surface area contributed by atoms with Gasteiger partial charge < -0.3 is 4.90 Å². The second-order valence-corrected chi connectivity index (χ2v) is 7.17. The van der Waals surface area contributed by atoms with Crippen LogP contribution in [0.1, 0.15) is 38.2 Å². The maximum atomic E-state index is 13.8. The Morgan fingerprint density at radius 3 is 2.65 bits per heavy atom. The minimum Gasteiger partial charge on any atom is -0.342 e. The predicted molar refractivity (Wildman–Crippen MR) is 89.4 cm³/mol. The molecule has 0 saturated carbocycles. The Kier molecular flexibility index (Phi) is 5.31. The molecule has 4 heteroatoms. The summed E-state index contributed by atoms with van der Waals surface area (Å²) in [6.45, 7) is 6.40. The van der Waals surface area contributed by atoms with E-state index in [-0.39, 0.29) is 11.7 Å². The van der Waals surface area contributed by atoms with E-state index in [0.29, 0.717) is 12.5 Å². The molecule has 0 radical (unpaired) electrons. The van der Waals surface area contributed by atoms with Crippen LogP contribution in [0.2, 0.25) is 0 Å². The first-order valence-corrected chi connectivity index (χ1v) is 8.88. The van der Waals surface area contributed by atoms with Crippen molar-refractivity contribution in [3.05, 3.63) is 35.6 Å². The molecule has 23 heavy (non-hydrogen) atoms. The van der Waals surface area contributed by atoms with Crippen molar-refractivity contribution in [3.8, 4) is 0 Å². The van der Waals surface area contributed by atoms with Crippen LogP contribution in [0.4, 0.5) is 4.39 Å². The molecule has 0 bridgehead atoms. The highest BCUT2D eigenvalue weighted by atomic mass is 19.1. The van der Waals surface area contributed by atoms with Gasteiger partial charge in [-0.25, -0.2) is 4.39 Å². The summed E-state index contributed by atoms with van der Waals surface area (Å²) < 4.78 is 13.8. The molecule has 1 amide bonds. The van der Waals surface area contributed by atoms with Gasteiger partial charge in [-0.3, -0.25) is 9.69 Å². The van der Waals surface area contributed by atoms with Crippen LogP contribution < -0.4 is 0 Å². The maximum Gasteiger partial charge on any atom is 0.226 e. The van der Waals surface area contributed by atoms with E-state index in [9.17, 15) is 9.18 Å². The molecule has 0 N–H and O–H groups in total. The van der Waals surface area contributed by atoms with E-state index >= 15 is 0 Å². The molecule has 0 aliphatic carbocycles. The Labute approximate surface area is 138 Å². The zero-order valence-corrected chi connectivity index (χ0v) is 14.0. The molecule has 3 rings (SSSR count). The van der Waals surface area contributed by atoms with E-state index in [4.69, 9.17) is 0 Å². The van der Waals surface area contributed by atoms with E-state index in [1.54, 1.807) is 6.07 Å². The van der Waals surface area contributed by atoms with Gasteiger partial charge in [-0.1, -0.05) is 25.1 Å². The zero-order valence-electron chi connectivity index (χ0n) is 14.0. The highest BCUT2D eigenvalue weighted by Gasteiger charge is 2.30. The van der Waals surface area contributed by atoms with Gasteiger partial charge in [-0.05, 0) is 44.2 Å². The van der Waals surface area contributed by atoms with Crippen molar-refractivity contribution in [2.75, 3.05) is 26.2 Å². The van der Waals surface area contributed by atoms with Crippen LogP contribution in [0.25, 0.3) is 0 Å². The van der Waals surface area contributed by atoms with E-state index < -0.39 is 0 Å². The Bertz CT molecular complexity index is 540. The SMILES string of the molecule is CC1CCN(C(=O)C2CCCN(Cc3ccccc3F)C2)CC1. The highest BCUT2D eigenvalue weighted by molar-refractivity contribution is 5.79. The van der Waals surface area contributed by atoms with Crippen molar-refractivity contribution < 1.29 is 9.18 Å². The summed E-state index contributed by atoms with van der Waals surface area (Å²) in [5.41, 5.74) is 0.729. The average molecular weight is 318 g/mol. The van der Waals surface area contributed by atoms with Gasteiger partial charge in [0.15, 0.2) is 0 Å². The van der Waals surface area contributed by atoms with Crippen molar-refractivity contribution in [2.24, 2.45) is 11.8 Å². The topological polar surface area (TPSA) is 23.6 Å². The van der Waals surface area contributed by atoms with Gasteiger partial charge in [0.05, 0.1) is 5.92 Å². The van der Waals surface area contributed by atoms with Gasteiger partial charge in [0, 0.05) is 31.7 Å². The molecule has 1 atom stereocenters. The Morgan fingerprint density at radius 2 is 1.91 bits per heavy atom. The van der Waals surface area contributed by atoms with Crippen LogP contribution in [0, 0.1) is 17.7 Å². The van der Waals surface area contributed by atoms with Crippen LogP contribution in [-0.2, 0) is 11.3 Å². The summed E-state index contributed by atoms with van der Waals surface area (Å²) in [4.78, 5) is 17.0. The summed E-state index contributed by atoms with van der Waals surface area (Å²) in [6, 6.07) is 6.95. The van der Waals surface area contributed by atoms with Gasteiger partial charge in [0.2, 0.25) is 5.91 Å². The van der Waals surface area contributed by atoms with E-state index in [2.05, 4.69) is 16.7 Å². The monoisotopic (exact) mass is 318 g/mol. The molecule has 2 aliphatic rings.